The van der Waals surface area contributed by atoms with Crippen molar-refractivity contribution in [1.29, 1.82) is 0 Å². The van der Waals surface area contributed by atoms with Gasteiger partial charge in [-0.3, -0.25) is 9.59 Å². The molecule has 0 aromatic heterocycles. The molecule has 1 saturated carbocycles. The van der Waals surface area contributed by atoms with Gasteiger partial charge in [-0.25, -0.2) is 8.42 Å². The quantitative estimate of drug-likeness (QED) is 0.705. The number of benzene rings is 2. The summed E-state index contributed by atoms with van der Waals surface area (Å²) in [6.45, 7) is 0.227. The number of nitrogens with two attached hydrogens (primary N) is 1. The largest absolute Gasteiger partial charge is 0.366 e. The molecule has 2 aromatic rings. The van der Waals surface area contributed by atoms with Crippen LogP contribution in [0.15, 0.2) is 53.4 Å². The molecule has 0 atom stereocenters. The standard InChI is InChI=1S/C22H27N3O4S/c1-25(19-8-3-2-4-9-19)30(28,29)20-12-10-17(11-13-20)22(27)24-15-16-6-5-7-18(14-16)21(23)26/h5-7,10-14,19H,2-4,8-9,15H2,1H3,(H2,23,26)(H,24,27). The van der Waals surface area contributed by atoms with Crippen LogP contribution in [0.25, 0.3) is 0 Å². The molecule has 0 aliphatic heterocycles. The van der Waals surface area contributed by atoms with Gasteiger partial charge < -0.3 is 11.1 Å². The van der Waals surface area contributed by atoms with Crippen molar-refractivity contribution in [2.24, 2.45) is 5.73 Å². The Labute approximate surface area is 177 Å². The van der Waals surface area contributed by atoms with Crippen molar-refractivity contribution in [3.8, 4) is 0 Å². The van der Waals surface area contributed by atoms with Gasteiger partial charge in [-0.2, -0.15) is 4.31 Å². The van der Waals surface area contributed by atoms with Crippen molar-refractivity contribution >= 4 is 21.8 Å². The molecule has 1 aliphatic rings. The molecule has 0 spiro atoms. The molecule has 0 radical (unpaired) electrons. The van der Waals surface area contributed by atoms with Gasteiger partial charge in [0.25, 0.3) is 5.91 Å². The summed E-state index contributed by atoms with van der Waals surface area (Å²) in [5, 5.41) is 2.76. The highest BCUT2D eigenvalue weighted by atomic mass is 32.2. The van der Waals surface area contributed by atoms with Crippen molar-refractivity contribution in [3.05, 3.63) is 65.2 Å². The lowest BCUT2D eigenvalue weighted by Gasteiger charge is -2.30. The molecule has 0 unspecified atom stereocenters. The predicted octanol–water partition coefficient (Wildman–Crippen LogP) is 2.67. The van der Waals surface area contributed by atoms with Crippen molar-refractivity contribution in [3.63, 3.8) is 0 Å². The fourth-order valence-electron chi connectivity index (χ4n) is 3.70. The molecule has 2 aromatic carbocycles. The van der Waals surface area contributed by atoms with Gasteiger partial charge >= 0.3 is 0 Å². The zero-order valence-electron chi connectivity index (χ0n) is 17.0. The molecular formula is C22H27N3O4S. The molecule has 160 valence electrons. The Hall–Kier alpha value is -2.71. The van der Waals surface area contributed by atoms with Gasteiger partial charge in [-0.1, -0.05) is 31.4 Å². The van der Waals surface area contributed by atoms with Crippen LogP contribution in [-0.2, 0) is 16.6 Å². The number of nitrogens with one attached hydrogen (secondary N) is 1. The Morgan fingerprint density at radius 2 is 1.70 bits per heavy atom. The number of rotatable bonds is 7. The first-order valence-electron chi connectivity index (χ1n) is 10.0. The van der Waals surface area contributed by atoms with Crippen LogP contribution in [0.5, 0.6) is 0 Å². The third-order valence-electron chi connectivity index (χ3n) is 5.55. The molecule has 0 heterocycles. The van der Waals surface area contributed by atoms with E-state index in [2.05, 4.69) is 5.32 Å². The summed E-state index contributed by atoms with van der Waals surface area (Å²) < 4.78 is 27.3. The summed E-state index contributed by atoms with van der Waals surface area (Å²) in [6.07, 6.45) is 5.01. The normalized spacial score (nSPS) is 15.1. The molecule has 7 nitrogen and oxygen atoms in total. The summed E-state index contributed by atoms with van der Waals surface area (Å²) in [6, 6.07) is 12.7. The van der Waals surface area contributed by atoms with E-state index in [9.17, 15) is 18.0 Å². The highest BCUT2D eigenvalue weighted by Gasteiger charge is 2.29. The SMILES string of the molecule is CN(C1CCCCC1)S(=O)(=O)c1ccc(C(=O)NCc2cccc(C(N)=O)c2)cc1. The van der Waals surface area contributed by atoms with E-state index in [1.54, 1.807) is 31.3 Å². The topological polar surface area (TPSA) is 110 Å². The molecule has 1 fully saturated rings. The highest BCUT2D eigenvalue weighted by Crippen LogP contribution is 2.26. The summed E-state index contributed by atoms with van der Waals surface area (Å²) in [5.74, 6) is -0.859. The maximum atomic E-state index is 12.9. The first-order chi connectivity index (χ1) is 14.3. The fraction of sp³-hybridized carbons (Fsp3) is 0.364. The number of primary amides is 1. The molecule has 3 N–H and O–H groups in total. The van der Waals surface area contributed by atoms with Gasteiger partial charge in [0.2, 0.25) is 15.9 Å². The van der Waals surface area contributed by atoms with Crippen molar-refractivity contribution in [2.45, 2.75) is 49.6 Å². The van der Waals surface area contributed by atoms with Crippen LogP contribution in [0.3, 0.4) is 0 Å². The first kappa shape index (κ1) is 22.0. The maximum absolute atomic E-state index is 12.9. The third kappa shape index (κ3) is 5.06. The minimum absolute atomic E-state index is 0.0305. The molecule has 0 bridgehead atoms. The predicted molar refractivity (Wildman–Crippen MR) is 114 cm³/mol. The molecule has 3 rings (SSSR count). The van der Waals surface area contributed by atoms with Gasteiger partial charge in [0.1, 0.15) is 0 Å². The zero-order valence-corrected chi connectivity index (χ0v) is 17.8. The van der Waals surface area contributed by atoms with E-state index in [4.69, 9.17) is 5.73 Å². The molecule has 0 saturated heterocycles. The van der Waals surface area contributed by atoms with Crippen molar-refractivity contribution < 1.29 is 18.0 Å². The average Bonchev–Trinajstić information content (AvgIpc) is 2.77. The van der Waals surface area contributed by atoms with Crippen LogP contribution in [0, 0.1) is 0 Å². The Morgan fingerprint density at radius 1 is 1.03 bits per heavy atom. The van der Waals surface area contributed by atoms with Gasteiger partial charge in [0.15, 0.2) is 0 Å². The number of hydrogen-bond acceptors (Lipinski definition) is 4. The van der Waals surface area contributed by atoms with Gasteiger partial charge in [0, 0.05) is 30.8 Å². The van der Waals surface area contributed by atoms with Crippen LogP contribution in [-0.4, -0.2) is 37.6 Å². The first-order valence-corrected chi connectivity index (χ1v) is 11.5. The van der Waals surface area contributed by atoms with Crippen LogP contribution >= 0.6 is 0 Å². The van der Waals surface area contributed by atoms with E-state index in [0.29, 0.717) is 11.1 Å². The highest BCUT2D eigenvalue weighted by molar-refractivity contribution is 7.89. The monoisotopic (exact) mass is 429 g/mol. The van der Waals surface area contributed by atoms with E-state index >= 15 is 0 Å². The third-order valence-corrected chi connectivity index (χ3v) is 7.47. The second-order valence-electron chi connectivity index (χ2n) is 7.58. The zero-order chi connectivity index (χ0) is 21.7. The smallest absolute Gasteiger partial charge is 0.251 e. The summed E-state index contributed by atoms with van der Waals surface area (Å²) in [5.41, 5.74) is 6.75. The van der Waals surface area contributed by atoms with Gasteiger partial charge in [0.05, 0.1) is 4.90 Å². The Kier molecular flexibility index (Phi) is 6.89. The lowest BCUT2D eigenvalue weighted by atomic mass is 9.96. The molecule has 30 heavy (non-hydrogen) atoms. The number of sulfonamides is 1. The van der Waals surface area contributed by atoms with Crippen LogP contribution in [0.2, 0.25) is 0 Å². The van der Waals surface area contributed by atoms with E-state index in [-0.39, 0.29) is 23.4 Å². The average molecular weight is 430 g/mol. The van der Waals surface area contributed by atoms with E-state index in [0.717, 1.165) is 37.7 Å². The fourth-order valence-corrected chi connectivity index (χ4v) is 5.12. The second-order valence-corrected chi connectivity index (χ2v) is 9.58. The summed E-state index contributed by atoms with van der Waals surface area (Å²) in [4.78, 5) is 23.9. The minimum Gasteiger partial charge on any atom is -0.366 e. The van der Waals surface area contributed by atoms with Gasteiger partial charge in [-0.05, 0) is 54.8 Å². The lowest BCUT2D eigenvalue weighted by molar-refractivity contribution is 0.0950. The Bertz CT molecular complexity index is 1010. The lowest BCUT2D eigenvalue weighted by Crippen LogP contribution is -2.38. The molecule has 2 amide bonds. The van der Waals surface area contributed by atoms with Crippen molar-refractivity contribution in [2.75, 3.05) is 7.05 Å². The van der Waals surface area contributed by atoms with E-state index < -0.39 is 15.9 Å². The van der Waals surface area contributed by atoms with Gasteiger partial charge in [-0.15, -0.1) is 0 Å². The Morgan fingerprint density at radius 3 is 2.33 bits per heavy atom. The van der Waals surface area contributed by atoms with Crippen LogP contribution < -0.4 is 11.1 Å². The maximum Gasteiger partial charge on any atom is 0.251 e. The Balaban J connectivity index is 1.65. The second kappa shape index (κ2) is 9.40. The number of amides is 2. The molecule has 1 aliphatic carbocycles. The summed E-state index contributed by atoms with van der Waals surface area (Å²) >= 11 is 0. The van der Waals surface area contributed by atoms with E-state index in [1.807, 2.05) is 0 Å². The minimum atomic E-state index is -3.59. The van der Waals surface area contributed by atoms with E-state index in [1.165, 1.54) is 28.6 Å². The number of carbonyl (C=O) groups is 2. The summed E-state index contributed by atoms with van der Waals surface area (Å²) in [7, 11) is -1.96. The molecular weight excluding hydrogens is 402 g/mol. The van der Waals surface area contributed by atoms with Crippen LogP contribution in [0.1, 0.15) is 58.4 Å². The van der Waals surface area contributed by atoms with Crippen molar-refractivity contribution in [1.82, 2.24) is 9.62 Å². The number of carbonyl (C=O) groups excluding carboxylic acids is 2. The number of nitrogens with zero attached hydrogens (tertiary/aromatic N) is 1. The van der Waals surface area contributed by atoms with Crippen LogP contribution in [0.4, 0.5) is 0 Å². The molecule has 8 heteroatoms. The number of hydrogen-bond donors (Lipinski definition) is 2.